The van der Waals surface area contributed by atoms with Crippen molar-refractivity contribution in [3.63, 3.8) is 0 Å². The smallest absolute Gasteiger partial charge is 0.246 e. The van der Waals surface area contributed by atoms with Crippen molar-refractivity contribution in [1.82, 2.24) is 19.8 Å². The molecule has 198 valence electrons. The van der Waals surface area contributed by atoms with E-state index in [2.05, 4.69) is 21.4 Å². The van der Waals surface area contributed by atoms with E-state index in [0.717, 1.165) is 55.7 Å². The van der Waals surface area contributed by atoms with Crippen molar-refractivity contribution in [1.29, 1.82) is 0 Å². The number of benzene rings is 1. The maximum absolute atomic E-state index is 12.8. The summed E-state index contributed by atoms with van der Waals surface area (Å²) in [6, 6.07) is 5.87. The van der Waals surface area contributed by atoms with Gasteiger partial charge in [0.15, 0.2) is 17.2 Å². The first kappa shape index (κ1) is 25.3. The number of nitrogens with one attached hydrogen (secondary N) is 1. The van der Waals surface area contributed by atoms with Crippen molar-refractivity contribution in [3.8, 4) is 0 Å². The van der Waals surface area contributed by atoms with Gasteiger partial charge in [0.05, 0.1) is 17.7 Å². The Hall–Kier alpha value is -3.34. The van der Waals surface area contributed by atoms with E-state index in [4.69, 9.17) is 9.62 Å². The second-order valence-electron chi connectivity index (χ2n) is 10.1. The highest BCUT2D eigenvalue weighted by molar-refractivity contribution is 7.92. The molecule has 1 N–H and O–H groups in total. The molecule has 3 heterocycles. The van der Waals surface area contributed by atoms with Crippen LogP contribution in [0.15, 0.2) is 41.6 Å². The van der Waals surface area contributed by atoms with Crippen LogP contribution in [-0.4, -0.2) is 66.1 Å². The zero-order valence-corrected chi connectivity index (χ0v) is 22.0. The molecule has 0 spiro atoms. The molecule has 5 rings (SSSR count). The molecular weight excluding hydrogens is 492 g/mol. The summed E-state index contributed by atoms with van der Waals surface area (Å²) >= 11 is 0. The Bertz CT molecular complexity index is 1380. The SMILES string of the molecule is C=CC(=O)N1CCN(c2ccn(Cc3cc(C)c4c(NS(=O)(=O)CC5CCCCC5)noc4c3)n2)CC1. The molecule has 2 aromatic heterocycles. The number of piperazine rings is 1. The predicted molar refractivity (Wildman–Crippen MR) is 143 cm³/mol. The van der Waals surface area contributed by atoms with Gasteiger partial charge in [0.1, 0.15) is 0 Å². The summed E-state index contributed by atoms with van der Waals surface area (Å²) < 4.78 is 35.7. The van der Waals surface area contributed by atoms with E-state index < -0.39 is 10.0 Å². The first-order valence-corrected chi connectivity index (χ1v) is 14.6. The number of amides is 1. The van der Waals surface area contributed by atoms with Gasteiger partial charge >= 0.3 is 0 Å². The van der Waals surface area contributed by atoms with Gasteiger partial charge < -0.3 is 14.3 Å². The summed E-state index contributed by atoms with van der Waals surface area (Å²) in [6.07, 6.45) is 8.59. The minimum Gasteiger partial charge on any atom is -0.354 e. The third-order valence-electron chi connectivity index (χ3n) is 7.32. The number of hydrogen-bond donors (Lipinski definition) is 1. The van der Waals surface area contributed by atoms with Crippen LogP contribution in [0, 0.1) is 12.8 Å². The van der Waals surface area contributed by atoms with Crippen LogP contribution < -0.4 is 9.62 Å². The summed E-state index contributed by atoms with van der Waals surface area (Å²) in [4.78, 5) is 15.8. The lowest BCUT2D eigenvalue weighted by Gasteiger charge is -2.34. The molecule has 0 unspecified atom stereocenters. The summed E-state index contributed by atoms with van der Waals surface area (Å²) in [6.45, 7) is 8.76. The lowest BCUT2D eigenvalue weighted by molar-refractivity contribution is -0.126. The van der Waals surface area contributed by atoms with Crippen LogP contribution in [0.4, 0.5) is 11.6 Å². The van der Waals surface area contributed by atoms with Crippen molar-refractivity contribution < 1.29 is 17.7 Å². The van der Waals surface area contributed by atoms with E-state index in [1.807, 2.05) is 36.0 Å². The molecule has 1 aromatic carbocycles. The zero-order valence-electron chi connectivity index (χ0n) is 21.2. The Morgan fingerprint density at radius 3 is 2.68 bits per heavy atom. The van der Waals surface area contributed by atoms with Crippen LogP contribution in [0.3, 0.4) is 0 Å². The van der Waals surface area contributed by atoms with Crippen molar-refractivity contribution >= 4 is 38.5 Å². The number of aryl methyl sites for hydroxylation is 1. The van der Waals surface area contributed by atoms with E-state index >= 15 is 0 Å². The number of anilines is 2. The molecule has 0 radical (unpaired) electrons. The Morgan fingerprint density at radius 1 is 1.19 bits per heavy atom. The standard InChI is InChI=1S/C26H34N6O4S/c1-3-24(33)31-13-11-30(12-14-31)23-9-10-32(27-23)17-21-15-19(2)25-22(16-21)36-28-26(25)29-37(34,35)18-20-7-5-4-6-8-20/h3,9-10,15-16,20H,1,4-8,11-14,17-18H2,2H3,(H,28,29). The Labute approximate surface area is 217 Å². The van der Waals surface area contributed by atoms with Gasteiger partial charge in [-0.25, -0.2) is 8.42 Å². The van der Waals surface area contributed by atoms with Crippen molar-refractivity contribution in [2.24, 2.45) is 5.92 Å². The molecule has 10 nitrogen and oxygen atoms in total. The minimum atomic E-state index is -3.51. The molecule has 0 bridgehead atoms. The highest BCUT2D eigenvalue weighted by atomic mass is 32.2. The van der Waals surface area contributed by atoms with Gasteiger partial charge in [0.2, 0.25) is 15.9 Å². The molecule has 1 saturated carbocycles. The lowest BCUT2D eigenvalue weighted by Crippen LogP contribution is -2.48. The van der Waals surface area contributed by atoms with Crippen LogP contribution in [0.2, 0.25) is 0 Å². The lowest BCUT2D eigenvalue weighted by atomic mass is 9.91. The zero-order chi connectivity index (χ0) is 26.0. The quantitative estimate of drug-likeness (QED) is 0.447. The van der Waals surface area contributed by atoms with Crippen LogP contribution in [0.5, 0.6) is 0 Å². The second kappa shape index (κ2) is 10.6. The molecule has 1 aliphatic carbocycles. The van der Waals surface area contributed by atoms with Crippen molar-refractivity contribution in [2.75, 3.05) is 41.6 Å². The van der Waals surface area contributed by atoms with Crippen LogP contribution in [0.25, 0.3) is 11.0 Å². The molecule has 1 saturated heterocycles. The largest absolute Gasteiger partial charge is 0.354 e. The van der Waals surface area contributed by atoms with Gasteiger partial charge in [-0.05, 0) is 49.0 Å². The highest BCUT2D eigenvalue weighted by Crippen LogP contribution is 2.30. The topological polar surface area (TPSA) is 114 Å². The maximum atomic E-state index is 12.8. The third kappa shape index (κ3) is 5.82. The summed E-state index contributed by atoms with van der Waals surface area (Å²) in [5.41, 5.74) is 2.41. The number of fused-ring (bicyclic) bond motifs is 1. The fourth-order valence-electron chi connectivity index (χ4n) is 5.44. The number of carbonyl (C=O) groups is 1. The van der Waals surface area contributed by atoms with E-state index in [0.29, 0.717) is 30.6 Å². The Morgan fingerprint density at radius 2 is 1.95 bits per heavy atom. The number of hydrogen-bond acceptors (Lipinski definition) is 7. The molecule has 2 aliphatic rings. The molecular formula is C26H34N6O4S. The third-order valence-corrected chi connectivity index (χ3v) is 8.74. The van der Waals surface area contributed by atoms with Crippen molar-refractivity contribution in [2.45, 2.75) is 45.6 Å². The molecule has 11 heteroatoms. The molecule has 0 atom stereocenters. The first-order valence-electron chi connectivity index (χ1n) is 12.9. The fourth-order valence-corrected chi connectivity index (χ4v) is 6.91. The molecule has 1 aliphatic heterocycles. The number of rotatable bonds is 8. The van der Waals surface area contributed by atoms with Crippen LogP contribution in [-0.2, 0) is 21.4 Å². The van der Waals surface area contributed by atoms with E-state index in [-0.39, 0.29) is 23.4 Å². The minimum absolute atomic E-state index is 0.0384. The van der Waals surface area contributed by atoms with Gasteiger partial charge in [-0.3, -0.25) is 14.2 Å². The predicted octanol–water partition coefficient (Wildman–Crippen LogP) is 3.54. The van der Waals surface area contributed by atoms with Gasteiger partial charge in [-0.2, -0.15) is 5.10 Å². The first-order chi connectivity index (χ1) is 17.8. The monoisotopic (exact) mass is 526 g/mol. The average Bonchev–Trinajstić information content (AvgIpc) is 3.51. The number of carbonyl (C=O) groups excluding carboxylic acids is 1. The number of nitrogens with zero attached hydrogens (tertiary/aromatic N) is 5. The van der Waals surface area contributed by atoms with E-state index in [1.54, 1.807) is 4.90 Å². The van der Waals surface area contributed by atoms with Gasteiger partial charge in [0, 0.05) is 38.4 Å². The van der Waals surface area contributed by atoms with Crippen LogP contribution in [0.1, 0.15) is 43.2 Å². The fraction of sp³-hybridized carbons (Fsp3) is 0.500. The van der Waals surface area contributed by atoms with Gasteiger partial charge in [-0.15, -0.1) is 0 Å². The normalized spacial score (nSPS) is 17.3. The van der Waals surface area contributed by atoms with Crippen molar-refractivity contribution in [3.05, 3.63) is 48.2 Å². The summed E-state index contributed by atoms with van der Waals surface area (Å²) in [5.74, 6) is 1.42. The molecule has 37 heavy (non-hydrogen) atoms. The van der Waals surface area contributed by atoms with Gasteiger partial charge in [-0.1, -0.05) is 37.1 Å². The van der Waals surface area contributed by atoms with Crippen LogP contribution >= 0.6 is 0 Å². The van der Waals surface area contributed by atoms with E-state index in [9.17, 15) is 13.2 Å². The maximum Gasteiger partial charge on any atom is 0.246 e. The molecule has 1 amide bonds. The number of sulfonamides is 1. The Balaban J connectivity index is 1.25. The highest BCUT2D eigenvalue weighted by Gasteiger charge is 2.24. The second-order valence-corrected chi connectivity index (χ2v) is 11.9. The molecule has 3 aromatic rings. The van der Waals surface area contributed by atoms with E-state index in [1.165, 1.54) is 12.5 Å². The number of aromatic nitrogens is 3. The van der Waals surface area contributed by atoms with Gasteiger partial charge in [0.25, 0.3) is 0 Å². The summed E-state index contributed by atoms with van der Waals surface area (Å²) in [7, 11) is -3.51. The average molecular weight is 527 g/mol. The summed E-state index contributed by atoms with van der Waals surface area (Å²) in [5, 5.41) is 9.45. The Kier molecular flexibility index (Phi) is 7.23. The molecule has 2 fully saturated rings.